The van der Waals surface area contributed by atoms with Gasteiger partial charge in [0.1, 0.15) is 0 Å². The highest BCUT2D eigenvalue weighted by Crippen LogP contribution is 2.36. The summed E-state index contributed by atoms with van der Waals surface area (Å²) < 4.78 is 0. The van der Waals surface area contributed by atoms with Crippen LogP contribution >= 0.6 is 0 Å². The summed E-state index contributed by atoms with van der Waals surface area (Å²) in [7, 11) is 0. The van der Waals surface area contributed by atoms with Crippen LogP contribution in [0.1, 0.15) is 51.9 Å². The van der Waals surface area contributed by atoms with Gasteiger partial charge >= 0.3 is 5.97 Å². The molecule has 0 aliphatic heterocycles. The van der Waals surface area contributed by atoms with Crippen LogP contribution in [0.4, 0.5) is 0 Å². The summed E-state index contributed by atoms with van der Waals surface area (Å²) in [6.45, 7) is 2.76. The summed E-state index contributed by atoms with van der Waals surface area (Å²) in [5.74, 6) is -0.728. The van der Waals surface area contributed by atoms with E-state index in [1.165, 1.54) is 32.1 Å². The summed E-state index contributed by atoms with van der Waals surface area (Å²) in [6.07, 6.45) is 7.58. The summed E-state index contributed by atoms with van der Waals surface area (Å²) in [5.41, 5.74) is 0. The lowest BCUT2D eigenvalue weighted by Crippen LogP contribution is -2.38. The third-order valence-electron chi connectivity index (χ3n) is 4.74. The van der Waals surface area contributed by atoms with Gasteiger partial charge in [-0.05, 0) is 37.5 Å². The molecule has 2 aliphatic carbocycles. The van der Waals surface area contributed by atoms with Crippen molar-refractivity contribution >= 4 is 11.9 Å². The molecular weight excluding hydrogens is 242 g/mol. The molecule has 1 unspecified atom stereocenters. The Balaban J connectivity index is 1.82. The van der Waals surface area contributed by atoms with E-state index in [2.05, 4.69) is 5.32 Å². The van der Waals surface area contributed by atoms with Crippen LogP contribution in [0, 0.1) is 23.7 Å². The average molecular weight is 267 g/mol. The van der Waals surface area contributed by atoms with Crippen LogP contribution in [0.5, 0.6) is 0 Å². The van der Waals surface area contributed by atoms with Gasteiger partial charge in [0.15, 0.2) is 0 Å². The normalized spacial score (nSPS) is 32.2. The van der Waals surface area contributed by atoms with E-state index in [4.69, 9.17) is 0 Å². The van der Waals surface area contributed by atoms with Gasteiger partial charge < -0.3 is 10.4 Å². The van der Waals surface area contributed by atoms with E-state index in [0.717, 1.165) is 6.54 Å². The molecule has 4 nitrogen and oxygen atoms in total. The van der Waals surface area contributed by atoms with Gasteiger partial charge in [-0.1, -0.05) is 26.2 Å². The number of carbonyl (C=O) groups excluding carboxylic acids is 1. The van der Waals surface area contributed by atoms with Crippen LogP contribution in [0.25, 0.3) is 0 Å². The molecule has 2 aliphatic rings. The monoisotopic (exact) mass is 267 g/mol. The fourth-order valence-corrected chi connectivity index (χ4v) is 3.62. The molecule has 0 aromatic carbocycles. The van der Waals surface area contributed by atoms with Crippen molar-refractivity contribution in [3.8, 4) is 0 Å². The third kappa shape index (κ3) is 3.71. The number of carboxylic acids is 1. The molecule has 2 saturated carbocycles. The van der Waals surface area contributed by atoms with Crippen molar-refractivity contribution in [2.75, 3.05) is 6.54 Å². The van der Waals surface area contributed by atoms with E-state index in [0.29, 0.717) is 24.7 Å². The molecular formula is C15H25NO3. The lowest BCUT2D eigenvalue weighted by molar-refractivity contribution is -0.146. The van der Waals surface area contributed by atoms with Crippen molar-refractivity contribution < 1.29 is 14.7 Å². The van der Waals surface area contributed by atoms with Crippen molar-refractivity contribution in [2.24, 2.45) is 23.7 Å². The molecule has 19 heavy (non-hydrogen) atoms. The van der Waals surface area contributed by atoms with Crippen molar-refractivity contribution in [3.05, 3.63) is 0 Å². The molecule has 0 aromatic rings. The van der Waals surface area contributed by atoms with Gasteiger partial charge in [-0.15, -0.1) is 0 Å². The van der Waals surface area contributed by atoms with Crippen molar-refractivity contribution in [3.63, 3.8) is 0 Å². The predicted octanol–water partition coefficient (Wildman–Crippen LogP) is 2.43. The van der Waals surface area contributed by atoms with E-state index in [1.807, 2.05) is 6.92 Å². The zero-order valence-corrected chi connectivity index (χ0v) is 11.7. The summed E-state index contributed by atoms with van der Waals surface area (Å²) in [6, 6.07) is 0. The smallest absolute Gasteiger partial charge is 0.307 e. The number of amides is 1. The maximum Gasteiger partial charge on any atom is 0.307 e. The SMILES string of the molecule is CC1C[C@H](C(=O)NCC2CCCCC2)[C@H](C(=O)O)C1. The van der Waals surface area contributed by atoms with Crippen LogP contribution in [0.2, 0.25) is 0 Å². The zero-order valence-electron chi connectivity index (χ0n) is 11.7. The molecule has 1 amide bonds. The molecule has 3 atom stereocenters. The second-order valence-corrected chi connectivity index (χ2v) is 6.38. The molecule has 0 saturated heterocycles. The third-order valence-corrected chi connectivity index (χ3v) is 4.74. The quantitative estimate of drug-likeness (QED) is 0.822. The number of aliphatic carboxylic acids is 1. The van der Waals surface area contributed by atoms with Crippen LogP contribution < -0.4 is 5.32 Å². The molecule has 2 rings (SSSR count). The Morgan fingerprint density at radius 3 is 2.37 bits per heavy atom. The molecule has 0 heterocycles. The first-order valence-corrected chi connectivity index (χ1v) is 7.58. The van der Waals surface area contributed by atoms with Crippen LogP contribution in [-0.4, -0.2) is 23.5 Å². The maximum atomic E-state index is 12.2. The first-order chi connectivity index (χ1) is 9.08. The van der Waals surface area contributed by atoms with E-state index >= 15 is 0 Å². The Labute approximate surface area is 115 Å². The van der Waals surface area contributed by atoms with Gasteiger partial charge in [-0.25, -0.2) is 0 Å². The highest BCUT2D eigenvalue weighted by molar-refractivity contribution is 5.85. The Morgan fingerprint density at radius 1 is 1.11 bits per heavy atom. The van der Waals surface area contributed by atoms with E-state index < -0.39 is 11.9 Å². The van der Waals surface area contributed by atoms with Gasteiger partial charge in [-0.2, -0.15) is 0 Å². The maximum absolute atomic E-state index is 12.2. The minimum absolute atomic E-state index is 0.0395. The number of hydrogen-bond donors (Lipinski definition) is 2. The van der Waals surface area contributed by atoms with Gasteiger partial charge in [0.2, 0.25) is 5.91 Å². The first kappa shape index (κ1) is 14.4. The molecule has 2 N–H and O–H groups in total. The Morgan fingerprint density at radius 2 is 1.74 bits per heavy atom. The van der Waals surface area contributed by atoms with E-state index in [9.17, 15) is 14.7 Å². The fourth-order valence-electron chi connectivity index (χ4n) is 3.62. The van der Waals surface area contributed by atoms with Crippen LogP contribution in [0.15, 0.2) is 0 Å². The topological polar surface area (TPSA) is 66.4 Å². The van der Waals surface area contributed by atoms with Gasteiger partial charge in [0.25, 0.3) is 0 Å². The number of hydrogen-bond acceptors (Lipinski definition) is 2. The molecule has 108 valence electrons. The number of rotatable bonds is 4. The summed E-state index contributed by atoms with van der Waals surface area (Å²) in [5, 5.41) is 12.2. The minimum Gasteiger partial charge on any atom is -0.481 e. The lowest BCUT2D eigenvalue weighted by atomic mass is 9.89. The molecule has 0 aromatic heterocycles. The first-order valence-electron chi connectivity index (χ1n) is 7.58. The zero-order chi connectivity index (χ0) is 13.8. The average Bonchev–Trinajstić information content (AvgIpc) is 2.79. The number of carboxylic acid groups (broad SMARTS) is 1. The van der Waals surface area contributed by atoms with Crippen molar-refractivity contribution in [1.82, 2.24) is 5.32 Å². The van der Waals surface area contributed by atoms with Gasteiger partial charge in [-0.3, -0.25) is 9.59 Å². The Kier molecular flexibility index (Phi) is 4.83. The lowest BCUT2D eigenvalue weighted by Gasteiger charge is -2.23. The second kappa shape index (κ2) is 6.40. The van der Waals surface area contributed by atoms with E-state index in [1.54, 1.807) is 0 Å². The van der Waals surface area contributed by atoms with Gasteiger partial charge in [0.05, 0.1) is 11.8 Å². The minimum atomic E-state index is -0.817. The Bertz CT molecular complexity index is 336. The fraction of sp³-hybridized carbons (Fsp3) is 0.867. The highest BCUT2D eigenvalue weighted by Gasteiger charge is 2.41. The summed E-state index contributed by atoms with van der Waals surface area (Å²) in [4.78, 5) is 23.4. The predicted molar refractivity (Wildman–Crippen MR) is 72.6 cm³/mol. The number of carbonyl (C=O) groups is 2. The molecule has 0 spiro atoms. The highest BCUT2D eigenvalue weighted by atomic mass is 16.4. The van der Waals surface area contributed by atoms with Crippen molar-refractivity contribution in [1.29, 1.82) is 0 Å². The summed E-state index contributed by atoms with van der Waals surface area (Å²) >= 11 is 0. The largest absolute Gasteiger partial charge is 0.481 e. The van der Waals surface area contributed by atoms with Gasteiger partial charge in [0, 0.05) is 6.54 Å². The second-order valence-electron chi connectivity index (χ2n) is 6.38. The van der Waals surface area contributed by atoms with E-state index in [-0.39, 0.29) is 11.8 Å². The van der Waals surface area contributed by atoms with Crippen molar-refractivity contribution in [2.45, 2.75) is 51.9 Å². The molecule has 4 heteroatoms. The van der Waals surface area contributed by atoms with Crippen LogP contribution in [-0.2, 0) is 9.59 Å². The van der Waals surface area contributed by atoms with Crippen LogP contribution in [0.3, 0.4) is 0 Å². The standard InChI is InChI=1S/C15H25NO3/c1-10-7-12(13(8-10)15(18)19)14(17)16-9-11-5-3-2-4-6-11/h10-13H,2-9H2,1H3,(H,16,17)(H,18,19)/t10?,12-,13+/m0/s1. The molecule has 0 bridgehead atoms. The molecule has 0 radical (unpaired) electrons. The Hall–Kier alpha value is -1.06. The number of nitrogens with one attached hydrogen (secondary N) is 1. The molecule has 2 fully saturated rings.